The van der Waals surface area contributed by atoms with Crippen LogP contribution in [0.2, 0.25) is 0 Å². The number of hydrogen-bond acceptors (Lipinski definition) is 4. The lowest BCUT2D eigenvalue weighted by Crippen LogP contribution is -2.41. The molecule has 0 radical (unpaired) electrons. The molecule has 0 aromatic heterocycles. The van der Waals surface area contributed by atoms with Gasteiger partial charge < -0.3 is 9.64 Å². The van der Waals surface area contributed by atoms with Crippen molar-refractivity contribution >= 4 is 17.7 Å². The van der Waals surface area contributed by atoms with Gasteiger partial charge in [-0.1, -0.05) is 48.5 Å². The molecule has 2 unspecified atom stereocenters. The van der Waals surface area contributed by atoms with E-state index in [0.29, 0.717) is 45.7 Å². The molecule has 6 nitrogen and oxygen atoms in total. The molecule has 2 atom stereocenters. The predicted molar refractivity (Wildman–Crippen MR) is 117 cm³/mol. The third-order valence-corrected chi connectivity index (χ3v) is 7.68. The number of likely N-dealkylation sites (tertiary alicyclic amines) is 1. The van der Waals surface area contributed by atoms with E-state index in [1.807, 2.05) is 29.2 Å². The molecule has 6 heteroatoms. The molecule has 2 heterocycles. The highest BCUT2D eigenvalue weighted by molar-refractivity contribution is 6.07. The van der Waals surface area contributed by atoms with E-state index in [2.05, 4.69) is 24.3 Å². The van der Waals surface area contributed by atoms with Crippen molar-refractivity contribution in [1.29, 1.82) is 0 Å². The van der Waals surface area contributed by atoms with Crippen LogP contribution in [0, 0.1) is 11.8 Å². The first kappa shape index (κ1) is 19.7. The molecule has 0 spiro atoms. The molecule has 2 saturated heterocycles. The number of imide groups is 1. The quantitative estimate of drug-likeness (QED) is 0.699. The molecule has 2 aliphatic heterocycles. The number of amides is 3. The van der Waals surface area contributed by atoms with Crippen LogP contribution in [-0.4, -0.2) is 60.4 Å². The van der Waals surface area contributed by atoms with Crippen molar-refractivity contribution in [3.8, 4) is 0 Å². The van der Waals surface area contributed by atoms with Crippen LogP contribution in [0.15, 0.2) is 48.5 Å². The minimum atomic E-state index is -0.341. The van der Waals surface area contributed by atoms with Crippen LogP contribution in [0.5, 0.6) is 0 Å². The maximum Gasteiger partial charge on any atom is 0.234 e. The van der Waals surface area contributed by atoms with Crippen molar-refractivity contribution in [1.82, 2.24) is 9.80 Å². The topological polar surface area (TPSA) is 66.9 Å². The summed E-state index contributed by atoms with van der Waals surface area (Å²) in [5, 5.41) is 0. The molecule has 7 rings (SSSR count). The molecule has 2 aromatic carbocycles. The van der Waals surface area contributed by atoms with E-state index < -0.39 is 0 Å². The van der Waals surface area contributed by atoms with Crippen molar-refractivity contribution in [3.05, 3.63) is 70.8 Å². The second-order valence-electron chi connectivity index (χ2n) is 9.19. The Labute approximate surface area is 187 Å². The summed E-state index contributed by atoms with van der Waals surface area (Å²) in [7, 11) is 0. The van der Waals surface area contributed by atoms with E-state index in [1.165, 1.54) is 27.2 Å². The number of morpholine rings is 1. The molecule has 2 bridgehead atoms. The Kier molecular flexibility index (Phi) is 4.65. The zero-order chi connectivity index (χ0) is 21.8. The van der Waals surface area contributed by atoms with Gasteiger partial charge in [0.1, 0.15) is 0 Å². The Hall–Kier alpha value is -2.99. The summed E-state index contributed by atoms with van der Waals surface area (Å²) in [6.07, 6.45) is 0.849. The van der Waals surface area contributed by atoms with Gasteiger partial charge in [0.15, 0.2) is 0 Å². The second kappa shape index (κ2) is 7.55. The van der Waals surface area contributed by atoms with Gasteiger partial charge in [-0.3, -0.25) is 19.3 Å². The van der Waals surface area contributed by atoms with Gasteiger partial charge in [0.05, 0.1) is 25.0 Å². The van der Waals surface area contributed by atoms with Crippen molar-refractivity contribution < 1.29 is 19.1 Å². The highest BCUT2D eigenvalue weighted by Crippen LogP contribution is 2.60. The largest absolute Gasteiger partial charge is 0.378 e. The SMILES string of the molecule is O=C(CCCN1C(=O)C2C3c4ccccc4C(c4ccccc43)C2C1=O)N1CCOCC1. The summed E-state index contributed by atoms with van der Waals surface area (Å²) in [6, 6.07) is 16.5. The number of rotatable bonds is 4. The molecular weight excluding hydrogens is 404 g/mol. The lowest BCUT2D eigenvalue weighted by Gasteiger charge is -2.45. The van der Waals surface area contributed by atoms with Crippen molar-refractivity contribution in [3.63, 3.8) is 0 Å². The highest BCUT2D eigenvalue weighted by Gasteiger charge is 2.61. The Morgan fingerprint density at radius 3 is 1.75 bits per heavy atom. The minimum absolute atomic E-state index is 0.0715. The van der Waals surface area contributed by atoms with Crippen molar-refractivity contribution in [2.75, 3.05) is 32.8 Å². The Bertz CT molecular complexity index is 991. The Balaban J connectivity index is 1.25. The number of hydrogen-bond donors (Lipinski definition) is 0. The van der Waals surface area contributed by atoms with Gasteiger partial charge in [0.2, 0.25) is 17.7 Å². The highest BCUT2D eigenvalue weighted by atomic mass is 16.5. The number of ether oxygens (including phenoxy) is 1. The van der Waals surface area contributed by atoms with Crippen LogP contribution in [0.3, 0.4) is 0 Å². The van der Waals surface area contributed by atoms with Crippen LogP contribution in [-0.2, 0) is 19.1 Å². The average Bonchev–Trinajstić information content (AvgIpc) is 3.10. The molecule has 5 aliphatic rings. The summed E-state index contributed by atoms with van der Waals surface area (Å²) < 4.78 is 5.31. The van der Waals surface area contributed by atoms with Crippen LogP contribution < -0.4 is 0 Å². The fraction of sp³-hybridized carbons (Fsp3) is 0.423. The summed E-state index contributed by atoms with van der Waals surface area (Å²) in [5.74, 6) is -0.900. The summed E-state index contributed by atoms with van der Waals surface area (Å²) in [6.45, 7) is 2.69. The lowest BCUT2D eigenvalue weighted by molar-refractivity contribution is -0.141. The third-order valence-electron chi connectivity index (χ3n) is 7.68. The molecule has 2 aromatic rings. The van der Waals surface area contributed by atoms with Crippen LogP contribution in [0.4, 0.5) is 0 Å². The summed E-state index contributed by atoms with van der Waals surface area (Å²) in [5.41, 5.74) is 4.73. The number of carbonyl (C=O) groups is 3. The van der Waals surface area contributed by atoms with Crippen LogP contribution in [0.1, 0.15) is 46.9 Å². The molecular formula is C26H26N2O4. The monoisotopic (exact) mass is 430 g/mol. The zero-order valence-corrected chi connectivity index (χ0v) is 17.9. The summed E-state index contributed by atoms with van der Waals surface area (Å²) in [4.78, 5) is 42.8. The maximum absolute atomic E-state index is 13.5. The van der Waals surface area contributed by atoms with Crippen LogP contribution in [0.25, 0.3) is 0 Å². The van der Waals surface area contributed by atoms with Crippen molar-refractivity contribution in [2.24, 2.45) is 11.8 Å². The fourth-order valence-electron chi connectivity index (χ4n) is 6.32. The Morgan fingerprint density at radius 2 is 1.28 bits per heavy atom. The molecule has 3 amide bonds. The number of carbonyl (C=O) groups excluding carboxylic acids is 3. The van der Waals surface area contributed by atoms with Crippen LogP contribution >= 0.6 is 0 Å². The van der Waals surface area contributed by atoms with Gasteiger partial charge >= 0.3 is 0 Å². The third kappa shape index (κ3) is 2.78. The van der Waals surface area contributed by atoms with E-state index in [1.54, 1.807) is 0 Å². The smallest absolute Gasteiger partial charge is 0.234 e. The predicted octanol–water partition coefficient (Wildman–Crippen LogP) is 2.52. The van der Waals surface area contributed by atoms with E-state index >= 15 is 0 Å². The minimum Gasteiger partial charge on any atom is -0.378 e. The fourth-order valence-corrected chi connectivity index (χ4v) is 6.32. The molecule has 32 heavy (non-hydrogen) atoms. The first-order chi connectivity index (χ1) is 15.7. The second-order valence-corrected chi connectivity index (χ2v) is 9.19. The zero-order valence-electron chi connectivity index (χ0n) is 17.9. The van der Waals surface area contributed by atoms with Gasteiger partial charge in [-0.2, -0.15) is 0 Å². The first-order valence-corrected chi connectivity index (χ1v) is 11.5. The van der Waals surface area contributed by atoms with Crippen molar-refractivity contribution in [2.45, 2.75) is 24.7 Å². The normalized spacial score (nSPS) is 27.9. The molecule has 0 saturated carbocycles. The van der Waals surface area contributed by atoms with Gasteiger partial charge in [-0.15, -0.1) is 0 Å². The number of nitrogens with zero attached hydrogens (tertiary/aromatic N) is 2. The average molecular weight is 431 g/mol. The van der Waals surface area contributed by atoms with Gasteiger partial charge in [0.25, 0.3) is 0 Å². The van der Waals surface area contributed by atoms with Gasteiger partial charge in [-0.25, -0.2) is 0 Å². The maximum atomic E-state index is 13.5. The van der Waals surface area contributed by atoms with E-state index in [4.69, 9.17) is 4.74 Å². The van der Waals surface area contributed by atoms with Gasteiger partial charge in [-0.05, 0) is 28.7 Å². The molecule has 164 valence electrons. The molecule has 2 fully saturated rings. The van der Waals surface area contributed by atoms with E-state index in [-0.39, 0.29) is 41.4 Å². The summed E-state index contributed by atoms with van der Waals surface area (Å²) >= 11 is 0. The molecule has 0 N–H and O–H groups in total. The standard InChI is InChI=1S/C26H26N2O4/c29-20(27-12-14-32-15-13-27)10-5-11-28-25(30)23-21-16-6-1-2-7-17(16)22(24(23)26(28)31)19-9-4-3-8-18(19)21/h1-4,6-9,21-24H,5,10-15H2. The van der Waals surface area contributed by atoms with Gasteiger partial charge in [0, 0.05) is 37.9 Å². The first-order valence-electron chi connectivity index (χ1n) is 11.5. The number of benzene rings is 2. The molecule has 3 aliphatic carbocycles. The van der Waals surface area contributed by atoms with E-state index in [0.717, 1.165) is 0 Å². The van der Waals surface area contributed by atoms with E-state index in [9.17, 15) is 14.4 Å². The lowest BCUT2D eigenvalue weighted by atomic mass is 9.55. The Morgan fingerprint density at radius 1 is 0.812 bits per heavy atom.